The van der Waals surface area contributed by atoms with Gasteiger partial charge in [-0.1, -0.05) is 32.4 Å². The van der Waals surface area contributed by atoms with Crippen LogP contribution in [0.25, 0.3) is 0 Å². The number of fused-ring (bicyclic) bond motifs is 5. The highest BCUT2D eigenvalue weighted by molar-refractivity contribution is 6.74. The molecule has 166 valence electrons. The zero-order valence-electron chi connectivity index (χ0n) is 19.7. The van der Waals surface area contributed by atoms with Crippen LogP contribution in [0, 0.1) is 17.8 Å². The number of Topliss-reactive ketones (excluding diaryl/α,β-unsaturated/α-hetero) is 1. The lowest BCUT2D eigenvalue weighted by Gasteiger charge is -2.46. The summed E-state index contributed by atoms with van der Waals surface area (Å²) in [6, 6.07) is 0. The van der Waals surface area contributed by atoms with Crippen molar-refractivity contribution in [2.75, 3.05) is 0 Å². The molecule has 0 aromatic carbocycles. The second-order valence-corrected chi connectivity index (χ2v) is 16.5. The maximum absolute atomic E-state index is 13.0. The van der Waals surface area contributed by atoms with Gasteiger partial charge in [-0.3, -0.25) is 4.79 Å². The molecular weight excluding hydrogens is 380 g/mol. The van der Waals surface area contributed by atoms with Gasteiger partial charge in [-0.15, -0.1) is 0 Å². The predicted molar refractivity (Wildman–Crippen MR) is 119 cm³/mol. The van der Waals surface area contributed by atoms with Crippen molar-refractivity contribution in [2.45, 2.75) is 116 Å². The highest BCUT2D eigenvalue weighted by atomic mass is 28.4. The third kappa shape index (κ3) is 4.58. The molecule has 1 saturated heterocycles. The van der Waals surface area contributed by atoms with Crippen LogP contribution in [0.2, 0.25) is 18.1 Å². The minimum Gasteiger partial charge on any atom is -0.411 e. The van der Waals surface area contributed by atoms with Gasteiger partial charge in [0.25, 0.3) is 0 Å². The molecule has 0 spiro atoms. The summed E-state index contributed by atoms with van der Waals surface area (Å²) in [6.45, 7) is 17.3. The molecule has 29 heavy (non-hydrogen) atoms. The van der Waals surface area contributed by atoms with E-state index in [2.05, 4.69) is 46.9 Å². The highest BCUT2D eigenvalue weighted by Crippen LogP contribution is 2.52. The van der Waals surface area contributed by atoms with Crippen LogP contribution in [0.1, 0.15) is 73.6 Å². The summed E-state index contributed by atoms with van der Waals surface area (Å²) in [4.78, 5) is 13.0. The Morgan fingerprint density at radius 3 is 2.41 bits per heavy atom. The van der Waals surface area contributed by atoms with Crippen LogP contribution in [-0.2, 0) is 14.0 Å². The van der Waals surface area contributed by atoms with E-state index >= 15 is 0 Å². The Balaban J connectivity index is 2.01. The van der Waals surface area contributed by atoms with Crippen LogP contribution in [0.15, 0.2) is 11.6 Å². The average molecular weight is 423 g/mol. The van der Waals surface area contributed by atoms with Crippen LogP contribution < -0.4 is 0 Å². The SMILES string of the molecule is C/C1=C\CC[C@H](O[Si](C)(C)C(C)(C)C)[C@@H]2O[C@H](C1)[C@H]1C(=O)CC[C@H](C(C)(C)O)[C@@H]21. The molecular formula is C24H42O4Si. The summed E-state index contributed by atoms with van der Waals surface area (Å²) in [5.74, 6) is 0.316. The molecule has 0 radical (unpaired) electrons. The number of rotatable bonds is 3. The third-order valence-corrected chi connectivity index (χ3v) is 12.6. The summed E-state index contributed by atoms with van der Waals surface area (Å²) in [7, 11) is -1.99. The number of ether oxygens (including phenoxy) is 1. The van der Waals surface area contributed by atoms with Gasteiger partial charge in [-0.05, 0) is 70.5 Å². The van der Waals surface area contributed by atoms with Crippen molar-refractivity contribution in [2.24, 2.45) is 17.8 Å². The first-order valence-corrected chi connectivity index (χ1v) is 14.4. The molecule has 1 aliphatic carbocycles. The molecule has 1 saturated carbocycles. The molecule has 5 heteroatoms. The van der Waals surface area contributed by atoms with Crippen molar-refractivity contribution in [3.63, 3.8) is 0 Å². The second kappa shape index (κ2) is 7.89. The maximum Gasteiger partial charge on any atom is 0.192 e. The molecule has 2 aliphatic heterocycles. The van der Waals surface area contributed by atoms with E-state index in [4.69, 9.17) is 9.16 Å². The van der Waals surface area contributed by atoms with Gasteiger partial charge >= 0.3 is 0 Å². The van der Waals surface area contributed by atoms with Crippen molar-refractivity contribution in [3.8, 4) is 0 Å². The Morgan fingerprint density at radius 2 is 1.83 bits per heavy atom. The van der Waals surface area contributed by atoms with E-state index in [1.54, 1.807) is 0 Å². The van der Waals surface area contributed by atoms with E-state index in [-0.39, 0.29) is 41.1 Å². The predicted octanol–water partition coefficient (Wildman–Crippen LogP) is 5.26. The quantitative estimate of drug-likeness (QED) is 0.498. The molecule has 3 rings (SSSR count). The number of hydrogen-bond donors (Lipinski definition) is 1. The third-order valence-electron chi connectivity index (χ3n) is 8.06. The number of carbonyl (C=O) groups excluding carboxylic acids is 1. The van der Waals surface area contributed by atoms with Gasteiger partial charge in [0.2, 0.25) is 0 Å². The van der Waals surface area contributed by atoms with Gasteiger partial charge in [0.15, 0.2) is 8.32 Å². The highest BCUT2D eigenvalue weighted by Gasteiger charge is 2.58. The van der Waals surface area contributed by atoms with E-state index < -0.39 is 13.9 Å². The minimum absolute atomic E-state index is 0.0220. The van der Waals surface area contributed by atoms with Gasteiger partial charge in [-0.2, -0.15) is 0 Å². The van der Waals surface area contributed by atoms with E-state index in [0.717, 1.165) is 25.7 Å². The Kier molecular flexibility index (Phi) is 6.30. The first-order valence-electron chi connectivity index (χ1n) is 11.5. The van der Waals surface area contributed by atoms with Gasteiger partial charge in [0, 0.05) is 18.3 Å². The number of allylic oxidation sites excluding steroid dienone is 1. The van der Waals surface area contributed by atoms with Crippen molar-refractivity contribution >= 4 is 14.1 Å². The molecule has 2 fully saturated rings. The first kappa shape index (κ1) is 23.2. The van der Waals surface area contributed by atoms with E-state index in [0.29, 0.717) is 12.2 Å². The Labute approximate surface area is 178 Å². The van der Waals surface area contributed by atoms with Crippen molar-refractivity contribution in [1.29, 1.82) is 0 Å². The lowest BCUT2D eigenvalue weighted by atomic mass is 9.62. The molecule has 6 atom stereocenters. The van der Waals surface area contributed by atoms with Crippen LogP contribution in [0.3, 0.4) is 0 Å². The number of hydrogen-bond acceptors (Lipinski definition) is 4. The van der Waals surface area contributed by atoms with Crippen LogP contribution >= 0.6 is 0 Å². The molecule has 3 aliphatic rings. The lowest BCUT2D eigenvalue weighted by molar-refractivity contribution is -0.133. The fourth-order valence-electron chi connectivity index (χ4n) is 5.46. The minimum atomic E-state index is -1.99. The zero-order chi connectivity index (χ0) is 21.8. The average Bonchev–Trinajstić information content (AvgIpc) is 2.93. The summed E-state index contributed by atoms with van der Waals surface area (Å²) in [6.07, 6.45) is 6.11. The van der Waals surface area contributed by atoms with Gasteiger partial charge < -0.3 is 14.3 Å². The topological polar surface area (TPSA) is 55.8 Å². The first-order chi connectivity index (χ1) is 13.2. The van der Waals surface area contributed by atoms with E-state index in [9.17, 15) is 9.90 Å². The summed E-state index contributed by atoms with van der Waals surface area (Å²) < 4.78 is 13.6. The number of aliphatic hydroxyl groups is 1. The molecule has 0 aromatic rings. The standard InChI is InChI=1S/C24H42O4Si/c1-15-10-9-11-18(28-29(7,8)23(2,3)4)22-20-16(24(5,6)26)12-13-17(25)21(20)19(14-15)27-22/h10,16,18-22,26H,9,11-14H2,1-8H3/b15-10+/t16-,18-,19+,20+,21+,22-/m0/s1. The molecule has 2 heterocycles. The van der Waals surface area contributed by atoms with Gasteiger partial charge in [0.05, 0.1) is 23.9 Å². The van der Waals surface area contributed by atoms with Crippen molar-refractivity contribution < 1.29 is 19.1 Å². The maximum atomic E-state index is 13.0. The monoisotopic (exact) mass is 422 g/mol. The number of carbonyl (C=O) groups is 1. The summed E-state index contributed by atoms with van der Waals surface area (Å²) >= 11 is 0. The molecule has 2 bridgehead atoms. The molecule has 0 aromatic heterocycles. The fraction of sp³-hybridized carbons (Fsp3) is 0.875. The molecule has 0 unspecified atom stereocenters. The Morgan fingerprint density at radius 1 is 1.17 bits per heavy atom. The molecule has 1 N–H and O–H groups in total. The van der Waals surface area contributed by atoms with E-state index in [1.807, 2.05) is 13.8 Å². The summed E-state index contributed by atoms with van der Waals surface area (Å²) in [5, 5.41) is 11.1. The van der Waals surface area contributed by atoms with Gasteiger partial charge in [0.1, 0.15) is 5.78 Å². The Hall–Kier alpha value is -0.493. The van der Waals surface area contributed by atoms with E-state index in [1.165, 1.54) is 5.57 Å². The van der Waals surface area contributed by atoms with Crippen LogP contribution in [0.5, 0.6) is 0 Å². The lowest BCUT2D eigenvalue weighted by Crippen LogP contribution is -2.53. The fourth-order valence-corrected chi connectivity index (χ4v) is 6.82. The molecule has 4 nitrogen and oxygen atoms in total. The van der Waals surface area contributed by atoms with Crippen molar-refractivity contribution in [1.82, 2.24) is 0 Å². The smallest absolute Gasteiger partial charge is 0.192 e. The number of ketones is 1. The van der Waals surface area contributed by atoms with Crippen LogP contribution in [-0.4, -0.2) is 43.1 Å². The van der Waals surface area contributed by atoms with Crippen molar-refractivity contribution in [3.05, 3.63) is 11.6 Å². The summed E-state index contributed by atoms with van der Waals surface area (Å²) in [5.41, 5.74) is 0.483. The Bertz CT molecular complexity index is 655. The largest absolute Gasteiger partial charge is 0.411 e. The second-order valence-electron chi connectivity index (χ2n) is 11.8. The zero-order valence-corrected chi connectivity index (χ0v) is 20.7. The van der Waals surface area contributed by atoms with Crippen LogP contribution in [0.4, 0.5) is 0 Å². The molecule has 0 amide bonds. The normalized spacial score (nSPS) is 38.5. The van der Waals surface area contributed by atoms with Gasteiger partial charge in [-0.25, -0.2) is 0 Å².